The molecule has 0 radical (unpaired) electrons. The summed E-state index contributed by atoms with van der Waals surface area (Å²) < 4.78 is 0.983. The number of anilines is 1. The highest BCUT2D eigenvalue weighted by molar-refractivity contribution is 9.10. The first kappa shape index (κ1) is 14.2. The van der Waals surface area contributed by atoms with E-state index in [9.17, 15) is 4.79 Å². The van der Waals surface area contributed by atoms with Crippen molar-refractivity contribution in [3.8, 4) is 0 Å². The Kier molecular flexibility index (Phi) is 5.65. The van der Waals surface area contributed by atoms with Crippen LogP contribution in [0.2, 0.25) is 0 Å². The maximum absolute atomic E-state index is 12.2. The monoisotopic (exact) mass is 298 g/mol. The van der Waals surface area contributed by atoms with Gasteiger partial charge < -0.3 is 10.2 Å². The lowest BCUT2D eigenvalue weighted by Crippen LogP contribution is -2.37. The summed E-state index contributed by atoms with van der Waals surface area (Å²) in [5.41, 5.74) is 0.916. The minimum atomic E-state index is 0.0315. The van der Waals surface area contributed by atoms with Crippen LogP contribution in [0.4, 0.5) is 5.69 Å². The first-order chi connectivity index (χ1) is 8.10. The zero-order chi connectivity index (χ0) is 12.8. The molecular weight excluding hydrogens is 280 g/mol. The van der Waals surface area contributed by atoms with Gasteiger partial charge in [-0.3, -0.25) is 4.79 Å². The molecule has 0 bridgehead atoms. The number of amides is 1. The van der Waals surface area contributed by atoms with Crippen molar-refractivity contribution in [3.63, 3.8) is 0 Å². The molecule has 1 unspecified atom stereocenters. The second-order valence-electron chi connectivity index (χ2n) is 4.04. The zero-order valence-electron chi connectivity index (χ0n) is 10.5. The number of carbonyl (C=O) groups excluding carboxylic acids is 1. The summed E-state index contributed by atoms with van der Waals surface area (Å²) in [7, 11) is 3.69. The second-order valence-corrected chi connectivity index (χ2v) is 4.96. The van der Waals surface area contributed by atoms with E-state index in [0.717, 1.165) is 16.6 Å². The number of nitrogens with zero attached hydrogens (tertiary/aromatic N) is 1. The third kappa shape index (κ3) is 3.82. The lowest BCUT2D eigenvalue weighted by atomic mass is 10.0. The Morgan fingerprint density at radius 2 is 2.24 bits per heavy atom. The minimum Gasteiger partial charge on any atom is -0.319 e. The number of hydrogen-bond donors (Lipinski definition) is 1. The lowest BCUT2D eigenvalue weighted by molar-refractivity contribution is -0.122. The fourth-order valence-electron chi connectivity index (χ4n) is 1.74. The van der Waals surface area contributed by atoms with Gasteiger partial charge >= 0.3 is 0 Å². The number of rotatable bonds is 5. The van der Waals surface area contributed by atoms with E-state index in [-0.39, 0.29) is 11.8 Å². The summed E-state index contributed by atoms with van der Waals surface area (Å²) in [6, 6.07) is 7.77. The van der Waals surface area contributed by atoms with Crippen molar-refractivity contribution in [1.82, 2.24) is 5.32 Å². The summed E-state index contributed by atoms with van der Waals surface area (Å²) >= 11 is 3.41. The fourth-order valence-corrected chi connectivity index (χ4v) is 2.13. The number of benzene rings is 1. The van der Waals surface area contributed by atoms with Gasteiger partial charge in [-0.1, -0.05) is 28.9 Å². The van der Waals surface area contributed by atoms with Gasteiger partial charge in [0.1, 0.15) is 0 Å². The molecule has 0 saturated heterocycles. The van der Waals surface area contributed by atoms with Crippen molar-refractivity contribution < 1.29 is 4.79 Å². The van der Waals surface area contributed by atoms with Gasteiger partial charge in [0.15, 0.2) is 0 Å². The third-order valence-electron chi connectivity index (χ3n) is 2.82. The van der Waals surface area contributed by atoms with Gasteiger partial charge in [-0.05, 0) is 31.7 Å². The van der Waals surface area contributed by atoms with E-state index in [0.29, 0.717) is 6.54 Å². The van der Waals surface area contributed by atoms with Crippen LogP contribution in [-0.4, -0.2) is 26.5 Å². The summed E-state index contributed by atoms with van der Waals surface area (Å²) in [6.45, 7) is 2.75. The smallest absolute Gasteiger partial charge is 0.231 e. The van der Waals surface area contributed by atoms with Gasteiger partial charge in [0, 0.05) is 23.8 Å². The van der Waals surface area contributed by atoms with Gasteiger partial charge in [0.25, 0.3) is 0 Å². The maximum atomic E-state index is 12.2. The molecule has 0 aliphatic carbocycles. The number of halogens is 1. The van der Waals surface area contributed by atoms with Crippen molar-refractivity contribution in [2.45, 2.75) is 13.3 Å². The average molecular weight is 299 g/mol. The zero-order valence-corrected chi connectivity index (χ0v) is 12.1. The summed E-state index contributed by atoms with van der Waals surface area (Å²) in [6.07, 6.45) is 0.845. The van der Waals surface area contributed by atoms with Gasteiger partial charge in [-0.2, -0.15) is 0 Å². The van der Waals surface area contributed by atoms with Crippen LogP contribution < -0.4 is 10.2 Å². The minimum absolute atomic E-state index is 0.0315. The molecule has 3 nitrogen and oxygen atoms in total. The fraction of sp³-hybridized carbons (Fsp3) is 0.462. The summed E-state index contributed by atoms with van der Waals surface area (Å²) in [4.78, 5) is 14.0. The maximum Gasteiger partial charge on any atom is 0.231 e. The Morgan fingerprint density at radius 1 is 1.53 bits per heavy atom. The SMILES string of the molecule is CCC(CNC)C(=O)N(C)c1cccc(Br)c1. The molecule has 0 fully saturated rings. The lowest BCUT2D eigenvalue weighted by Gasteiger charge is -2.23. The molecule has 94 valence electrons. The molecule has 0 heterocycles. The van der Waals surface area contributed by atoms with Crippen LogP contribution in [0.5, 0.6) is 0 Å². The van der Waals surface area contributed by atoms with Crippen LogP contribution in [0.15, 0.2) is 28.7 Å². The Bertz CT molecular complexity index is 381. The standard InChI is InChI=1S/C13H19BrN2O/c1-4-10(9-15-2)13(17)16(3)12-7-5-6-11(14)8-12/h5-8,10,15H,4,9H2,1-3H3. The predicted molar refractivity (Wildman–Crippen MR) is 75.3 cm³/mol. The largest absolute Gasteiger partial charge is 0.319 e. The number of nitrogens with one attached hydrogen (secondary N) is 1. The van der Waals surface area contributed by atoms with Crippen molar-refractivity contribution in [1.29, 1.82) is 0 Å². The van der Waals surface area contributed by atoms with E-state index < -0.39 is 0 Å². The summed E-state index contributed by atoms with van der Waals surface area (Å²) in [5.74, 6) is 0.184. The van der Waals surface area contributed by atoms with Gasteiger partial charge in [-0.15, -0.1) is 0 Å². The van der Waals surface area contributed by atoms with E-state index in [1.807, 2.05) is 45.3 Å². The van der Waals surface area contributed by atoms with Crippen LogP contribution in [-0.2, 0) is 4.79 Å². The molecule has 1 N–H and O–H groups in total. The highest BCUT2D eigenvalue weighted by Crippen LogP contribution is 2.20. The van der Waals surface area contributed by atoms with E-state index in [4.69, 9.17) is 0 Å². The molecule has 1 amide bonds. The number of hydrogen-bond acceptors (Lipinski definition) is 2. The first-order valence-corrected chi connectivity index (χ1v) is 6.57. The molecule has 0 aromatic heterocycles. The molecule has 17 heavy (non-hydrogen) atoms. The Morgan fingerprint density at radius 3 is 2.76 bits per heavy atom. The van der Waals surface area contributed by atoms with E-state index >= 15 is 0 Å². The van der Waals surface area contributed by atoms with Gasteiger partial charge in [0.2, 0.25) is 5.91 Å². The van der Waals surface area contributed by atoms with Gasteiger partial charge in [0.05, 0.1) is 5.92 Å². The molecule has 0 aliphatic rings. The highest BCUT2D eigenvalue weighted by atomic mass is 79.9. The van der Waals surface area contributed by atoms with Crippen LogP contribution in [0.1, 0.15) is 13.3 Å². The van der Waals surface area contributed by atoms with E-state index in [2.05, 4.69) is 21.2 Å². The van der Waals surface area contributed by atoms with Crippen LogP contribution in [0.25, 0.3) is 0 Å². The highest BCUT2D eigenvalue weighted by Gasteiger charge is 2.20. The van der Waals surface area contributed by atoms with Crippen molar-refractivity contribution in [2.75, 3.05) is 25.5 Å². The first-order valence-electron chi connectivity index (χ1n) is 5.77. The number of carbonyl (C=O) groups is 1. The molecule has 4 heteroatoms. The molecule has 0 spiro atoms. The van der Waals surface area contributed by atoms with Crippen molar-refractivity contribution in [3.05, 3.63) is 28.7 Å². The van der Waals surface area contributed by atoms with E-state index in [1.54, 1.807) is 4.90 Å². The molecule has 0 saturated carbocycles. The Hall–Kier alpha value is -0.870. The van der Waals surface area contributed by atoms with Crippen molar-refractivity contribution >= 4 is 27.5 Å². The quantitative estimate of drug-likeness (QED) is 0.906. The Balaban J connectivity index is 2.81. The van der Waals surface area contributed by atoms with Crippen LogP contribution in [0.3, 0.4) is 0 Å². The molecular formula is C13H19BrN2O. The topological polar surface area (TPSA) is 32.3 Å². The van der Waals surface area contributed by atoms with Crippen LogP contribution >= 0.6 is 15.9 Å². The molecule has 1 aromatic rings. The van der Waals surface area contributed by atoms with Crippen LogP contribution in [0, 0.1) is 5.92 Å². The molecule has 1 atom stereocenters. The van der Waals surface area contributed by atoms with Crippen molar-refractivity contribution in [2.24, 2.45) is 5.92 Å². The third-order valence-corrected chi connectivity index (χ3v) is 3.31. The second kappa shape index (κ2) is 6.77. The molecule has 0 aliphatic heterocycles. The van der Waals surface area contributed by atoms with E-state index in [1.165, 1.54) is 0 Å². The molecule has 1 rings (SSSR count). The summed E-state index contributed by atoms with van der Waals surface area (Å²) in [5, 5.41) is 3.06. The Labute approximate surface area is 111 Å². The average Bonchev–Trinajstić information content (AvgIpc) is 2.34. The molecule has 1 aromatic carbocycles. The van der Waals surface area contributed by atoms with Gasteiger partial charge in [-0.25, -0.2) is 0 Å². The normalized spacial score (nSPS) is 12.2. The predicted octanol–water partition coefficient (Wildman–Crippen LogP) is 2.66.